The highest BCUT2D eigenvalue weighted by Gasteiger charge is 2.21. The Labute approximate surface area is 135 Å². The van der Waals surface area contributed by atoms with Crippen LogP contribution in [0.2, 0.25) is 5.02 Å². The fourth-order valence-electron chi connectivity index (χ4n) is 2.71. The van der Waals surface area contributed by atoms with E-state index in [0.29, 0.717) is 27.2 Å². The van der Waals surface area contributed by atoms with Crippen LogP contribution in [0, 0.1) is 18.6 Å². The first-order valence-corrected chi connectivity index (χ1v) is 7.23. The molecule has 0 radical (unpaired) electrons. The molecule has 3 aromatic rings. The Hall–Kier alpha value is -2.40. The number of carbonyl (C=O) groups is 1. The molecule has 118 valence electrons. The van der Waals surface area contributed by atoms with E-state index in [0.717, 1.165) is 17.7 Å². The van der Waals surface area contributed by atoms with E-state index in [4.69, 9.17) is 11.6 Å². The van der Waals surface area contributed by atoms with Crippen molar-refractivity contribution in [3.05, 3.63) is 58.1 Å². The van der Waals surface area contributed by atoms with Crippen LogP contribution in [0.15, 0.2) is 30.3 Å². The molecular formula is C17H12ClF2NO2. The van der Waals surface area contributed by atoms with E-state index in [9.17, 15) is 18.7 Å². The number of aliphatic carboxylic acids is 1. The van der Waals surface area contributed by atoms with Crippen molar-refractivity contribution in [3.8, 4) is 11.3 Å². The minimum atomic E-state index is -1.06. The predicted molar refractivity (Wildman–Crippen MR) is 84.7 cm³/mol. The number of aryl methyl sites for hydroxylation is 1. The average molecular weight is 336 g/mol. The van der Waals surface area contributed by atoms with Crippen molar-refractivity contribution in [2.75, 3.05) is 0 Å². The third kappa shape index (κ3) is 2.68. The molecule has 1 heterocycles. The van der Waals surface area contributed by atoms with Gasteiger partial charge in [-0.1, -0.05) is 17.7 Å². The Kier molecular flexibility index (Phi) is 3.82. The second-order valence-electron chi connectivity index (χ2n) is 5.29. The van der Waals surface area contributed by atoms with Gasteiger partial charge in [-0.05, 0) is 36.2 Å². The number of carboxylic acid groups (broad SMARTS) is 1. The van der Waals surface area contributed by atoms with Gasteiger partial charge in [0.1, 0.15) is 11.6 Å². The van der Waals surface area contributed by atoms with Gasteiger partial charge in [-0.3, -0.25) is 4.79 Å². The third-order valence-corrected chi connectivity index (χ3v) is 4.06. The highest BCUT2D eigenvalue weighted by Crippen LogP contribution is 2.37. The molecule has 3 nitrogen and oxygen atoms in total. The molecule has 0 aliphatic carbocycles. The van der Waals surface area contributed by atoms with Crippen LogP contribution >= 0.6 is 11.6 Å². The van der Waals surface area contributed by atoms with Gasteiger partial charge in [-0.15, -0.1) is 0 Å². The van der Waals surface area contributed by atoms with E-state index in [1.54, 1.807) is 12.1 Å². The number of H-pyrrole nitrogens is 1. The predicted octanol–water partition coefficient (Wildman–Crippen LogP) is 4.70. The van der Waals surface area contributed by atoms with Crippen molar-refractivity contribution in [1.82, 2.24) is 4.98 Å². The molecule has 0 atom stereocenters. The smallest absolute Gasteiger partial charge is 0.307 e. The van der Waals surface area contributed by atoms with Crippen molar-refractivity contribution >= 4 is 28.5 Å². The molecule has 3 rings (SSSR count). The summed E-state index contributed by atoms with van der Waals surface area (Å²) in [6.07, 6.45) is -0.324. The zero-order valence-electron chi connectivity index (χ0n) is 12.1. The van der Waals surface area contributed by atoms with Crippen LogP contribution < -0.4 is 0 Å². The molecule has 0 aliphatic heterocycles. The molecule has 0 aliphatic rings. The summed E-state index contributed by atoms with van der Waals surface area (Å²) in [7, 11) is 0. The zero-order chi connectivity index (χ0) is 16.7. The van der Waals surface area contributed by atoms with Gasteiger partial charge in [-0.25, -0.2) is 8.78 Å². The van der Waals surface area contributed by atoms with Crippen molar-refractivity contribution in [3.63, 3.8) is 0 Å². The van der Waals surface area contributed by atoms with Crippen LogP contribution in [0.3, 0.4) is 0 Å². The fraction of sp³-hybridized carbons (Fsp3) is 0.118. The molecule has 0 bridgehead atoms. The Morgan fingerprint density at radius 1 is 1.26 bits per heavy atom. The number of hydrogen-bond acceptors (Lipinski definition) is 1. The molecule has 0 unspecified atom stereocenters. The number of fused-ring (bicyclic) bond motifs is 1. The molecule has 2 N–H and O–H groups in total. The first-order valence-electron chi connectivity index (χ1n) is 6.85. The van der Waals surface area contributed by atoms with E-state index < -0.39 is 17.6 Å². The number of aromatic nitrogens is 1. The maximum absolute atomic E-state index is 14.1. The van der Waals surface area contributed by atoms with Crippen molar-refractivity contribution in [2.45, 2.75) is 13.3 Å². The van der Waals surface area contributed by atoms with E-state index in [1.807, 2.05) is 6.92 Å². The second-order valence-corrected chi connectivity index (χ2v) is 5.69. The molecule has 23 heavy (non-hydrogen) atoms. The molecule has 2 aromatic carbocycles. The Morgan fingerprint density at radius 3 is 2.65 bits per heavy atom. The quantitative estimate of drug-likeness (QED) is 0.728. The summed E-state index contributed by atoms with van der Waals surface area (Å²) in [6.45, 7) is 1.84. The van der Waals surface area contributed by atoms with Crippen LogP contribution in [-0.2, 0) is 11.2 Å². The van der Waals surface area contributed by atoms with Crippen LogP contribution in [0.25, 0.3) is 22.2 Å². The Morgan fingerprint density at radius 2 is 2.00 bits per heavy atom. The normalized spacial score (nSPS) is 11.1. The van der Waals surface area contributed by atoms with Crippen molar-refractivity contribution in [2.24, 2.45) is 0 Å². The number of rotatable bonds is 3. The second kappa shape index (κ2) is 5.66. The van der Waals surface area contributed by atoms with Crippen LogP contribution in [0.1, 0.15) is 11.1 Å². The molecule has 0 saturated carbocycles. The van der Waals surface area contributed by atoms with Gasteiger partial charge in [0.05, 0.1) is 22.7 Å². The molecular weight excluding hydrogens is 324 g/mol. The highest BCUT2D eigenvalue weighted by atomic mass is 35.5. The summed E-state index contributed by atoms with van der Waals surface area (Å²) in [5.41, 5.74) is 2.29. The molecule has 6 heteroatoms. The van der Waals surface area contributed by atoms with Gasteiger partial charge in [0.25, 0.3) is 0 Å². The van der Waals surface area contributed by atoms with Gasteiger partial charge < -0.3 is 10.1 Å². The maximum atomic E-state index is 14.1. The third-order valence-electron chi connectivity index (χ3n) is 3.74. The van der Waals surface area contributed by atoms with Gasteiger partial charge in [0.15, 0.2) is 0 Å². The molecule has 0 spiro atoms. The number of aromatic amines is 1. The largest absolute Gasteiger partial charge is 0.481 e. The van der Waals surface area contributed by atoms with E-state index in [2.05, 4.69) is 4.98 Å². The molecule has 0 saturated heterocycles. The van der Waals surface area contributed by atoms with Gasteiger partial charge in [-0.2, -0.15) is 0 Å². The lowest BCUT2D eigenvalue weighted by Gasteiger charge is -2.05. The summed E-state index contributed by atoms with van der Waals surface area (Å²) in [5.74, 6) is -2.53. The van der Waals surface area contributed by atoms with Crippen molar-refractivity contribution in [1.29, 1.82) is 0 Å². The lowest BCUT2D eigenvalue weighted by atomic mass is 10.0. The maximum Gasteiger partial charge on any atom is 0.307 e. The summed E-state index contributed by atoms with van der Waals surface area (Å²) >= 11 is 6.22. The minimum absolute atomic E-state index is 0.106. The monoisotopic (exact) mass is 335 g/mol. The first kappa shape index (κ1) is 15.5. The molecule has 1 aromatic heterocycles. The number of hydrogen-bond donors (Lipinski definition) is 2. The van der Waals surface area contributed by atoms with Crippen molar-refractivity contribution < 1.29 is 18.7 Å². The summed E-state index contributed by atoms with van der Waals surface area (Å²) < 4.78 is 27.3. The van der Waals surface area contributed by atoms with Gasteiger partial charge in [0.2, 0.25) is 0 Å². The molecule has 0 amide bonds. The molecule has 0 fully saturated rings. The Bertz CT molecular complexity index is 934. The lowest BCUT2D eigenvalue weighted by Crippen LogP contribution is -2.01. The van der Waals surface area contributed by atoms with E-state index in [-0.39, 0.29) is 12.0 Å². The summed E-state index contributed by atoms with van der Waals surface area (Å²) in [4.78, 5) is 14.3. The minimum Gasteiger partial charge on any atom is -0.481 e. The van der Waals surface area contributed by atoms with Gasteiger partial charge in [0, 0.05) is 17.0 Å². The topological polar surface area (TPSA) is 53.1 Å². The SMILES string of the molecule is Cc1ccc(Cl)c2c(CC(=O)O)c(-c3ccc(F)cc3F)[nH]c12. The van der Waals surface area contributed by atoms with E-state index in [1.165, 1.54) is 6.07 Å². The van der Waals surface area contributed by atoms with Crippen LogP contribution in [0.5, 0.6) is 0 Å². The van der Waals surface area contributed by atoms with Crippen LogP contribution in [0.4, 0.5) is 8.78 Å². The first-order chi connectivity index (χ1) is 10.9. The average Bonchev–Trinajstić information content (AvgIpc) is 2.83. The number of benzene rings is 2. The standard InChI is InChI=1S/C17H12ClF2NO2/c1-8-2-5-12(18)15-11(7-14(22)23)17(21-16(8)15)10-4-3-9(19)6-13(10)20/h2-6,21H,7H2,1H3,(H,22,23). The lowest BCUT2D eigenvalue weighted by molar-refractivity contribution is -0.136. The summed E-state index contributed by atoms with van der Waals surface area (Å²) in [6, 6.07) is 6.63. The van der Waals surface area contributed by atoms with Gasteiger partial charge >= 0.3 is 5.97 Å². The number of nitrogens with one attached hydrogen (secondary N) is 1. The summed E-state index contributed by atoms with van der Waals surface area (Å²) in [5, 5.41) is 10.1. The van der Waals surface area contributed by atoms with Crippen LogP contribution in [-0.4, -0.2) is 16.1 Å². The van der Waals surface area contributed by atoms with E-state index >= 15 is 0 Å². The number of carboxylic acids is 1. The number of halogens is 3. The zero-order valence-corrected chi connectivity index (χ0v) is 12.8. The highest BCUT2D eigenvalue weighted by molar-refractivity contribution is 6.36. The Balaban J connectivity index is 2.37. The fourth-order valence-corrected chi connectivity index (χ4v) is 2.98.